The van der Waals surface area contributed by atoms with Crippen LogP contribution in [0.25, 0.3) is 0 Å². The predicted molar refractivity (Wildman–Crippen MR) is 113 cm³/mol. The van der Waals surface area contributed by atoms with Crippen molar-refractivity contribution in [3.8, 4) is 5.75 Å². The number of para-hydroxylation sites is 1. The first kappa shape index (κ1) is 20.5. The van der Waals surface area contributed by atoms with Crippen molar-refractivity contribution in [2.45, 2.75) is 46.3 Å². The van der Waals surface area contributed by atoms with Gasteiger partial charge in [0, 0.05) is 25.1 Å². The Balaban J connectivity index is 0.00000243. The maximum Gasteiger partial charge on any atom is 0.191 e. The van der Waals surface area contributed by atoms with Gasteiger partial charge < -0.3 is 19.9 Å². The lowest BCUT2D eigenvalue weighted by atomic mass is 10.2. The van der Waals surface area contributed by atoms with Gasteiger partial charge in [0.15, 0.2) is 11.8 Å². The van der Waals surface area contributed by atoms with Crippen LogP contribution in [0.3, 0.4) is 0 Å². The number of aryl methyl sites for hydroxylation is 1. The molecule has 0 aliphatic carbocycles. The Morgan fingerprint density at radius 2 is 2.08 bits per heavy atom. The molecule has 1 aromatic carbocycles. The molecule has 2 heterocycles. The van der Waals surface area contributed by atoms with E-state index in [0.29, 0.717) is 19.7 Å². The number of benzene rings is 1. The molecule has 26 heavy (non-hydrogen) atoms. The molecule has 0 fully saturated rings. The zero-order valence-electron chi connectivity index (χ0n) is 15.4. The van der Waals surface area contributed by atoms with E-state index in [4.69, 9.17) is 4.74 Å². The van der Waals surface area contributed by atoms with Gasteiger partial charge in [-0.25, -0.2) is 4.99 Å². The Kier molecular flexibility index (Phi) is 8.14. The molecule has 0 bridgehead atoms. The molecule has 142 valence electrons. The third-order valence-corrected chi connectivity index (χ3v) is 4.12. The highest BCUT2D eigenvalue weighted by atomic mass is 127. The van der Waals surface area contributed by atoms with Gasteiger partial charge in [-0.1, -0.05) is 18.2 Å². The minimum absolute atomic E-state index is 0. The first-order chi connectivity index (χ1) is 12.3. The molecular formula is C18H27IN6O. The van der Waals surface area contributed by atoms with Crippen LogP contribution in [0, 0.1) is 0 Å². The fourth-order valence-corrected chi connectivity index (χ4v) is 2.94. The van der Waals surface area contributed by atoms with Crippen LogP contribution in [0.2, 0.25) is 0 Å². The van der Waals surface area contributed by atoms with Gasteiger partial charge in [-0.15, -0.1) is 34.2 Å². The molecule has 1 aliphatic rings. The van der Waals surface area contributed by atoms with Crippen molar-refractivity contribution in [1.82, 2.24) is 25.4 Å². The van der Waals surface area contributed by atoms with Crippen molar-refractivity contribution in [3.05, 3.63) is 41.5 Å². The quantitative estimate of drug-likeness (QED) is 0.370. The molecule has 0 saturated carbocycles. The van der Waals surface area contributed by atoms with Crippen LogP contribution >= 0.6 is 24.0 Å². The van der Waals surface area contributed by atoms with Gasteiger partial charge in [-0.05, 0) is 26.3 Å². The Morgan fingerprint density at radius 1 is 1.23 bits per heavy atom. The number of halogens is 1. The number of hydrogen-bond acceptors (Lipinski definition) is 4. The summed E-state index contributed by atoms with van der Waals surface area (Å²) in [6.45, 7) is 7.68. The van der Waals surface area contributed by atoms with Gasteiger partial charge in [0.2, 0.25) is 0 Å². The minimum Gasteiger partial charge on any atom is -0.494 e. The number of hydrogen-bond donors (Lipinski definition) is 2. The van der Waals surface area contributed by atoms with Crippen molar-refractivity contribution in [2.75, 3.05) is 13.2 Å². The number of aromatic nitrogens is 3. The van der Waals surface area contributed by atoms with E-state index >= 15 is 0 Å². The smallest absolute Gasteiger partial charge is 0.191 e. The first-order valence-electron chi connectivity index (χ1n) is 8.95. The van der Waals surface area contributed by atoms with Crippen LogP contribution in [0.4, 0.5) is 0 Å². The summed E-state index contributed by atoms with van der Waals surface area (Å²) in [5.74, 6) is 3.71. The topological polar surface area (TPSA) is 76.4 Å². The standard InChI is InChI=1S/C18H26N6O.HI/c1-3-19-18(20-12-14-8-5-6-9-15(14)25-4-2)21-13-17-23-22-16-10-7-11-24(16)17;/h5-6,8-9H,3-4,7,10-13H2,1-2H3,(H2,19,20,21);1H. The Morgan fingerprint density at radius 3 is 2.88 bits per heavy atom. The van der Waals surface area contributed by atoms with Crippen molar-refractivity contribution >= 4 is 29.9 Å². The highest BCUT2D eigenvalue weighted by Gasteiger charge is 2.17. The van der Waals surface area contributed by atoms with Crippen molar-refractivity contribution in [1.29, 1.82) is 0 Å². The molecule has 0 spiro atoms. The van der Waals surface area contributed by atoms with Crippen molar-refractivity contribution in [2.24, 2.45) is 4.99 Å². The molecule has 0 amide bonds. The maximum atomic E-state index is 5.67. The van der Waals surface area contributed by atoms with Gasteiger partial charge in [0.1, 0.15) is 11.6 Å². The average Bonchev–Trinajstić information content (AvgIpc) is 3.23. The minimum atomic E-state index is 0. The number of rotatable bonds is 7. The van der Waals surface area contributed by atoms with Gasteiger partial charge in [0.05, 0.1) is 19.7 Å². The van der Waals surface area contributed by atoms with Gasteiger partial charge in [0.25, 0.3) is 0 Å². The predicted octanol–water partition coefficient (Wildman–Crippen LogP) is 2.50. The SMILES string of the molecule is CCNC(=NCc1ccccc1OCC)NCc1nnc2n1CCC2.I. The van der Waals surface area contributed by atoms with E-state index in [9.17, 15) is 0 Å². The van der Waals surface area contributed by atoms with E-state index in [-0.39, 0.29) is 24.0 Å². The third kappa shape index (κ3) is 5.09. The van der Waals surface area contributed by atoms with Crippen LogP contribution < -0.4 is 15.4 Å². The van der Waals surface area contributed by atoms with E-state index in [1.54, 1.807) is 0 Å². The molecule has 1 aliphatic heterocycles. The number of nitrogens with zero attached hydrogens (tertiary/aromatic N) is 4. The second-order valence-corrected chi connectivity index (χ2v) is 5.88. The highest BCUT2D eigenvalue weighted by Crippen LogP contribution is 2.18. The number of guanidine groups is 1. The summed E-state index contributed by atoms with van der Waals surface area (Å²) in [6.07, 6.45) is 2.18. The Hall–Kier alpha value is -1.84. The van der Waals surface area contributed by atoms with Crippen LogP contribution in [0.5, 0.6) is 5.75 Å². The largest absolute Gasteiger partial charge is 0.494 e. The molecule has 3 rings (SSSR count). The summed E-state index contributed by atoms with van der Waals surface area (Å²) in [6, 6.07) is 8.01. The molecule has 1 aromatic heterocycles. The lowest BCUT2D eigenvalue weighted by Gasteiger charge is -2.12. The molecule has 2 N–H and O–H groups in total. The monoisotopic (exact) mass is 470 g/mol. The number of fused-ring (bicyclic) bond motifs is 1. The van der Waals surface area contributed by atoms with E-state index in [0.717, 1.165) is 54.9 Å². The van der Waals surface area contributed by atoms with Gasteiger partial charge in [-0.2, -0.15) is 0 Å². The summed E-state index contributed by atoms with van der Waals surface area (Å²) in [5.41, 5.74) is 1.07. The second-order valence-electron chi connectivity index (χ2n) is 5.88. The van der Waals surface area contributed by atoms with Gasteiger partial charge >= 0.3 is 0 Å². The maximum absolute atomic E-state index is 5.67. The summed E-state index contributed by atoms with van der Waals surface area (Å²) in [5, 5.41) is 15.1. The molecule has 0 unspecified atom stereocenters. The lowest BCUT2D eigenvalue weighted by molar-refractivity contribution is 0.336. The Labute approximate surface area is 171 Å². The molecular weight excluding hydrogens is 443 g/mol. The van der Waals surface area contributed by atoms with Crippen LogP contribution in [-0.4, -0.2) is 33.9 Å². The average molecular weight is 470 g/mol. The van der Waals surface area contributed by atoms with Crippen LogP contribution in [0.15, 0.2) is 29.3 Å². The molecule has 2 aromatic rings. The zero-order chi connectivity index (χ0) is 17.5. The summed E-state index contributed by atoms with van der Waals surface area (Å²) in [4.78, 5) is 4.68. The number of nitrogens with one attached hydrogen (secondary N) is 2. The molecule has 0 radical (unpaired) electrons. The molecule has 0 saturated heterocycles. The summed E-state index contributed by atoms with van der Waals surface area (Å²) in [7, 11) is 0. The normalized spacial score (nSPS) is 13.1. The lowest BCUT2D eigenvalue weighted by Crippen LogP contribution is -2.37. The van der Waals surface area contributed by atoms with E-state index in [1.165, 1.54) is 0 Å². The second kappa shape index (κ2) is 10.3. The zero-order valence-corrected chi connectivity index (χ0v) is 17.7. The van der Waals surface area contributed by atoms with Crippen LogP contribution in [0.1, 0.15) is 37.5 Å². The molecule has 0 atom stereocenters. The molecule has 7 nitrogen and oxygen atoms in total. The fourth-order valence-electron chi connectivity index (χ4n) is 2.94. The van der Waals surface area contributed by atoms with Crippen molar-refractivity contribution in [3.63, 3.8) is 0 Å². The molecule has 8 heteroatoms. The van der Waals surface area contributed by atoms with E-state index < -0.39 is 0 Å². The fraction of sp³-hybridized carbons (Fsp3) is 0.500. The number of ether oxygens (including phenoxy) is 1. The third-order valence-electron chi connectivity index (χ3n) is 4.12. The van der Waals surface area contributed by atoms with E-state index in [2.05, 4.69) is 37.3 Å². The van der Waals surface area contributed by atoms with Gasteiger partial charge in [-0.3, -0.25) is 0 Å². The first-order valence-corrected chi connectivity index (χ1v) is 8.95. The highest BCUT2D eigenvalue weighted by molar-refractivity contribution is 14.0. The summed E-state index contributed by atoms with van der Waals surface area (Å²) >= 11 is 0. The number of aliphatic imine (C=N–C) groups is 1. The van der Waals surface area contributed by atoms with Crippen molar-refractivity contribution < 1.29 is 4.74 Å². The summed E-state index contributed by atoms with van der Waals surface area (Å²) < 4.78 is 7.86. The van der Waals surface area contributed by atoms with Crippen LogP contribution in [-0.2, 0) is 26.1 Å². The van der Waals surface area contributed by atoms with E-state index in [1.807, 2.05) is 31.2 Å². The Bertz CT molecular complexity index is 730.